The van der Waals surface area contributed by atoms with Gasteiger partial charge in [-0.15, -0.1) is 18.5 Å². The quantitative estimate of drug-likeness (QED) is 0.655. The average molecular weight is 198 g/mol. The summed E-state index contributed by atoms with van der Waals surface area (Å²) in [7, 11) is 5.63. The molecule has 0 saturated carbocycles. The molecule has 0 fully saturated rings. The number of rotatable bonds is 3. The Morgan fingerprint density at radius 2 is 2.00 bits per heavy atom. The van der Waals surface area contributed by atoms with Gasteiger partial charge in [0, 0.05) is 0 Å². The van der Waals surface area contributed by atoms with Crippen LogP contribution in [-0.4, -0.2) is 6.16 Å². The summed E-state index contributed by atoms with van der Waals surface area (Å²) in [6.45, 7) is 2.21. The molecule has 2 heteroatoms. The van der Waals surface area contributed by atoms with Gasteiger partial charge in [0.25, 0.3) is 0 Å². The first kappa shape index (κ1) is 10.2. The zero-order chi connectivity index (χ0) is 8.97. The lowest BCUT2D eigenvalue weighted by Gasteiger charge is -2.10. The zero-order valence-electron chi connectivity index (χ0n) is 7.46. The molecule has 0 heterocycles. The first-order valence-corrected chi connectivity index (χ1v) is 5.77. The summed E-state index contributed by atoms with van der Waals surface area (Å²) in [5.41, 5.74) is 3.51. The lowest BCUT2D eigenvalue weighted by Crippen LogP contribution is -1.94. The van der Waals surface area contributed by atoms with Crippen molar-refractivity contribution in [2.75, 3.05) is 6.16 Å². The van der Waals surface area contributed by atoms with Crippen molar-refractivity contribution in [2.45, 2.75) is 19.0 Å². The van der Waals surface area contributed by atoms with Gasteiger partial charge in [-0.05, 0) is 29.4 Å². The molecule has 66 valence electrons. The molecular formula is C10H16P2. The first-order chi connectivity index (χ1) is 5.75. The minimum Gasteiger partial charge on any atom is -0.137 e. The Balaban J connectivity index is 2.92. The molecule has 0 amide bonds. The van der Waals surface area contributed by atoms with E-state index in [2.05, 4.69) is 49.7 Å². The number of hydrogen-bond acceptors (Lipinski definition) is 0. The normalized spacial score (nSPS) is 12.9. The molecule has 0 bridgehead atoms. The SMILES string of the molecule is CC(P)c1ccccc1CCP. The zero-order valence-corrected chi connectivity index (χ0v) is 9.77. The van der Waals surface area contributed by atoms with Crippen LogP contribution in [0.3, 0.4) is 0 Å². The third kappa shape index (κ3) is 2.54. The van der Waals surface area contributed by atoms with Crippen molar-refractivity contribution in [2.24, 2.45) is 0 Å². The molecule has 1 aromatic rings. The Labute approximate surface area is 79.6 Å². The highest BCUT2D eigenvalue weighted by atomic mass is 31.0. The lowest BCUT2D eigenvalue weighted by atomic mass is 10.0. The maximum Gasteiger partial charge on any atom is -0.00401 e. The molecule has 0 aliphatic rings. The minimum absolute atomic E-state index is 0.567. The smallest absolute Gasteiger partial charge is 0.00401 e. The molecule has 0 N–H and O–H groups in total. The van der Waals surface area contributed by atoms with Crippen LogP contribution in [0, 0.1) is 0 Å². The van der Waals surface area contributed by atoms with Crippen molar-refractivity contribution in [1.29, 1.82) is 0 Å². The second-order valence-electron chi connectivity index (χ2n) is 3.03. The molecular weight excluding hydrogens is 182 g/mol. The van der Waals surface area contributed by atoms with Crippen molar-refractivity contribution in [1.82, 2.24) is 0 Å². The van der Waals surface area contributed by atoms with Gasteiger partial charge in [-0.25, -0.2) is 0 Å². The van der Waals surface area contributed by atoms with Crippen molar-refractivity contribution >= 4 is 18.5 Å². The fourth-order valence-electron chi connectivity index (χ4n) is 1.36. The van der Waals surface area contributed by atoms with Crippen LogP contribution in [0.1, 0.15) is 23.7 Å². The van der Waals surface area contributed by atoms with Gasteiger partial charge < -0.3 is 0 Å². The van der Waals surface area contributed by atoms with Gasteiger partial charge in [-0.3, -0.25) is 0 Å². The predicted octanol–water partition coefficient (Wildman–Crippen LogP) is 3.04. The minimum atomic E-state index is 0.567. The molecule has 0 radical (unpaired) electrons. The highest BCUT2D eigenvalue weighted by molar-refractivity contribution is 7.17. The molecule has 1 rings (SSSR count). The lowest BCUT2D eigenvalue weighted by molar-refractivity contribution is 1.02. The third-order valence-corrected chi connectivity index (χ3v) is 2.61. The van der Waals surface area contributed by atoms with Gasteiger partial charge in [0.05, 0.1) is 0 Å². The highest BCUT2D eigenvalue weighted by Crippen LogP contribution is 2.25. The Morgan fingerprint density at radius 3 is 2.58 bits per heavy atom. The van der Waals surface area contributed by atoms with E-state index in [-0.39, 0.29) is 0 Å². The van der Waals surface area contributed by atoms with E-state index in [4.69, 9.17) is 0 Å². The summed E-state index contributed by atoms with van der Waals surface area (Å²) in [5, 5.41) is 0. The standard InChI is InChI=1S/C10H16P2/c1-8(12)10-5-3-2-4-9(10)6-7-11/h2-5,8H,6-7,11-12H2,1H3. The molecule has 0 aliphatic carbocycles. The second-order valence-corrected chi connectivity index (χ2v) is 4.60. The average Bonchev–Trinajstić information content (AvgIpc) is 2.05. The van der Waals surface area contributed by atoms with E-state index in [1.807, 2.05) is 0 Å². The van der Waals surface area contributed by atoms with E-state index >= 15 is 0 Å². The molecule has 0 aromatic heterocycles. The van der Waals surface area contributed by atoms with Crippen molar-refractivity contribution < 1.29 is 0 Å². The number of aryl methyl sites for hydroxylation is 1. The second kappa shape index (κ2) is 4.95. The number of benzene rings is 1. The Hall–Kier alpha value is 0.0800. The van der Waals surface area contributed by atoms with E-state index in [9.17, 15) is 0 Å². The maximum atomic E-state index is 2.85. The molecule has 0 spiro atoms. The van der Waals surface area contributed by atoms with E-state index in [0.717, 1.165) is 6.16 Å². The first-order valence-electron chi connectivity index (χ1n) is 4.29. The van der Waals surface area contributed by atoms with Crippen molar-refractivity contribution in [3.05, 3.63) is 35.4 Å². The van der Waals surface area contributed by atoms with Crippen molar-refractivity contribution in [3.8, 4) is 0 Å². The van der Waals surface area contributed by atoms with Crippen LogP contribution < -0.4 is 0 Å². The topological polar surface area (TPSA) is 0 Å². The summed E-state index contributed by atoms with van der Waals surface area (Å²) >= 11 is 0. The molecule has 3 atom stereocenters. The van der Waals surface area contributed by atoms with E-state index < -0.39 is 0 Å². The van der Waals surface area contributed by atoms with Gasteiger partial charge in [0.15, 0.2) is 0 Å². The maximum absolute atomic E-state index is 2.85. The largest absolute Gasteiger partial charge is 0.137 e. The summed E-state index contributed by atoms with van der Waals surface area (Å²) in [5.74, 6) is 0. The van der Waals surface area contributed by atoms with Crippen LogP contribution in [0.15, 0.2) is 24.3 Å². The molecule has 0 aliphatic heterocycles. The van der Waals surface area contributed by atoms with Crippen LogP contribution in [0.4, 0.5) is 0 Å². The predicted molar refractivity (Wildman–Crippen MR) is 62.8 cm³/mol. The van der Waals surface area contributed by atoms with Gasteiger partial charge in [-0.2, -0.15) is 0 Å². The van der Waals surface area contributed by atoms with Crippen LogP contribution in [-0.2, 0) is 6.42 Å². The number of hydrogen-bond donors (Lipinski definition) is 0. The van der Waals surface area contributed by atoms with Gasteiger partial charge in [-0.1, -0.05) is 31.2 Å². The van der Waals surface area contributed by atoms with Crippen molar-refractivity contribution in [3.63, 3.8) is 0 Å². The Kier molecular flexibility index (Phi) is 4.19. The van der Waals surface area contributed by atoms with Gasteiger partial charge in [0.1, 0.15) is 0 Å². The van der Waals surface area contributed by atoms with Crippen LogP contribution in [0.2, 0.25) is 0 Å². The van der Waals surface area contributed by atoms with E-state index in [1.54, 1.807) is 0 Å². The summed E-state index contributed by atoms with van der Waals surface area (Å²) in [6, 6.07) is 8.67. The molecule has 0 nitrogen and oxygen atoms in total. The van der Waals surface area contributed by atoms with Crippen LogP contribution in [0.5, 0.6) is 0 Å². The summed E-state index contributed by atoms with van der Waals surface area (Å²) < 4.78 is 0. The monoisotopic (exact) mass is 198 g/mol. The molecule has 12 heavy (non-hydrogen) atoms. The molecule has 0 saturated heterocycles. The van der Waals surface area contributed by atoms with E-state index in [1.165, 1.54) is 17.5 Å². The summed E-state index contributed by atoms with van der Waals surface area (Å²) in [4.78, 5) is 0. The van der Waals surface area contributed by atoms with Gasteiger partial charge in [0.2, 0.25) is 0 Å². The van der Waals surface area contributed by atoms with Crippen LogP contribution >= 0.6 is 18.5 Å². The van der Waals surface area contributed by atoms with Gasteiger partial charge >= 0.3 is 0 Å². The van der Waals surface area contributed by atoms with E-state index in [0.29, 0.717) is 5.66 Å². The fourth-order valence-corrected chi connectivity index (χ4v) is 2.00. The summed E-state index contributed by atoms with van der Waals surface area (Å²) in [6.07, 6.45) is 2.31. The van der Waals surface area contributed by atoms with Crippen LogP contribution in [0.25, 0.3) is 0 Å². The third-order valence-electron chi connectivity index (χ3n) is 1.96. The molecule has 1 aromatic carbocycles. The molecule has 3 unspecified atom stereocenters. The highest BCUT2D eigenvalue weighted by Gasteiger charge is 2.03. The fraction of sp³-hybridized carbons (Fsp3) is 0.400. The Morgan fingerprint density at radius 1 is 1.33 bits per heavy atom. The Bertz CT molecular complexity index is 243.